The molecule has 5 N–H and O–H groups in total. The molecule has 4 amide bonds. The molecule has 4 atom stereocenters. The van der Waals surface area contributed by atoms with Gasteiger partial charge in [-0.05, 0) is 66.4 Å². The first-order chi connectivity index (χ1) is 26.4. The maximum atomic E-state index is 13.6. The van der Waals surface area contributed by atoms with Crippen LogP contribution in [0.5, 0.6) is 0 Å². The van der Waals surface area contributed by atoms with Crippen LogP contribution in [-0.4, -0.2) is 165 Å². The van der Waals surface area contributed by atoms with Gasteiger partial charge in [-0.2, -0.15) is 0 Å². The molecule has 0 spiro atoms. The highest BCUT2D eigenvalue weighted by atomic mass is 33.1. The Kier molecular flexibility index (Phi) is 22.6. The molecule has 0 bridgehead atoms. The van der Waals surface area contributed by atoms with Crippen LogP contribution in [0.15, 0.2) is 18.2 Å². The Labute approximate surface area is 331 Å². The molecule has 19 heteroatoms. The summed E-state index contributed by atoms with van der Waals surface area (Å²) in [6, 6.07) is 3.60. The summed E-state index contributed by atoms with van der Waals surface area (Å²) in [5.41, 5.74) is 1.07. The van der Waals surface area contributed by atoms with E-state index in [1.165, 1.54) is 33.5 Å². The summed E-state index contributed by atoms with van der Waals surface area (Å²) in [4.78, 5) is 90.2. The first kappa shape index (κ1) is 47.4. The van der Waals surface area contributed by atoms with E-state index in [9.17, 15) is 38.7 Å². The first-order valence-corrected chi connectivity index (χ1v) is 20.6. The first-order valence-electron chi connectivity index (χ1n) is 18.2. The number of likely N-dealkylation sites (N-methyl/N-ethyl adjacent to an activating group) is 2. The molecular weight excluding hydrogens is 755 g/mol. The van der Waals surface area contributed by atoms with Gasteiger partial charge in [-0.3, -0.25) is 29.0 Å². The maximum Gasteiger partial charge on any atom is 0.410 e. The zero-order valence-corrected chi connectivity index (χ0v) is 34.0. The van der Waals surface area contributed by atoms with Gasteiger partial charge in [0.15, 0.2) is 0 Å². The van der Waals surface area contributed by atoms with Crippen LogP contribution >= 0.6 is 21.6 Å². The highest BCUT2D eigenvalue weighted by Gasteiger charge is 2.27. The van der Waals surface area contributed by atoms with Crippen molar-refractivity contribution in [1.82, 2.24) is 30.7 Å². The number of likely N-dealkylation sites (tertiary alicyclic amines) is 1. The van der Waals surface area contributed by atoms with E-state index in [2.05, 4.69) is 26.2 Å². The van der Waals surface area contributed by atoms with Gasteiger partial charge in [0.2, 0.25) is 18.2 Å². The molecule has 308 valence electrons. The van der Waals surface area contributed by atoms with Gasteiger partial charge in [-0.15, -0.1) is 0 Å². The Balaban J connectivity index is 2.15. The van der Waals surface area contributed by atoms with E-state index >= 15 is 0 Å². The molecule has 1 fully saturated rings. The SMILES string of the molecule is CNC(=O)C(CCC=O)N(C)Cc1c(C=O)cccc1NC(=O)CN(CCOCCN1CCC(NC)CC1)C(=O)OC(C)C(C)SSCC(NC=O)C(=O)O. The molecule has 1 aliphatic heterocycles. The Morgan fingerprint density at radius 2 is 1.82 bits per heavy atom. The molecule has 1 heterocycles. The molecule has 1 aromatic rings. The quantitative estimate of drug-likeness (QED) is 0.0483. The van der Waals surface area contributed by atoms with E-state index < -0.39 is 42.7 Å². The number of benzene rings is 1. The number of carbonyl (C=O) groups is 7. The van der Waals surface area contributed by atoms with Gasteiger partial charge in [-0.25, -0.2) is 9.59 Å². The van der Waals surface area contributed by atoms with Gasteiger partial charge in [0.05, 0.1) is 19.3 Å². The molecule has 1 aliphatic rings. The number of rotatable bonds is 27. The lowest BCUT2D eigenvalue weighted by molar-refractivity contribution is -0.139. The summed E-state index contributed by atoms with van der Waals surface area (Å²) >= 11 is 0. The van der Waals surface area contributed by atoms with Crippen molar-refractivity contribution in [2.45, 2.75) is 75.6 Å². The predicted octanol–water partition coefficient (Wildman–Crippen LogP) is 1.46. The summed E-state index contributed by atoms with van der Waals surface area (Å²) < 4.78 is 11.6. The Morgan fingerprint density at radius 3 is 2.44 bits per heavy atom. The third-order valence-corrected chi connectivity index (χ3v) is 12.3. The second-order valence-electron chi connectivity index (χ2n) is 13.1. The summed E-state index contributed by atoms with van der Waals surface area (Å²) in [7, 11) is 7.66. The number of carboxylic acids is 1. The lowest BCUT2D eigenvalue weighted by atomic mass is 10.0. The molecule has 0 aliphatic carbocycles. The number of ether oxygens (including phenoxy) is 2. The lowest BCUT2D eigenvalue weighted by Crippen LogP contribution is -2.44. The molecule has 17 nitrogen and oxygen atoms in total. The molecule has 1 saturated heterocycles. The van der Waals surface area contributed by atoms with Crippen molar-refractivity contribution in [3.63, 3.8) is 0 Å². The monoisotopic (exact) mass is 811 g/mol. The van der Waals surface area contributed by atoms with Crippen LogP contribution in [0.2, 0.25) is 0 Å². The van der Waals surface area contributed by atoms with Gasteiger partial charge >= 0.3 is 12.1 Å². The topological polar surface area (TPSA) is 216 Å². The average Bonchev–Trinajstić information content (AvgIpc) is 3.17. The summed E-state index contributed by atoms with van der Waals surface area (Å²) in [5, 5.41) is 20.0. The number of hydrogen-bond donors (Lipinski definition) is 5. The number of carboxylic acid groups (broad SMARTS) is 1. The number of hydrogen-bond acceptors (Lipinski definition) is 14. The zero-order valence-electron chi connectivity index (χ0n) is 32.3. The number of nitrogens with one attached hydrogen (secondary N) is 4. The van der Waals surface area contributed by atoms with Crippen LogP contribution in [0, 0.1) is 0 Å². The smallest absolute Gasteiger partial charge is 0.410 e. The zero-order chi connectivity index (χ0) is 40.8. The van der Waals surface area contributed by atoms with Gasteiger partial charge in [0.25, 0.3) is 0 Å². The van der Waals surface area contributed by atoms with Crippen molar-refractivity contribution in [1.29, 1.82) is 0 Å². The van der Waals surface area contributed by atoms with Crippen molar-refractivity contribution in [3.05, 3.63) is 29.3 Å². The average molecular weight is 812 g/mol. The van der Waals surface area contributed by atoms with Gasteiger partial charge in [-0.1, -0.05) is 33.7 Å². The van der Waals surface area contributed by atoms with Crippen molar-refractivity contribution in [2.75, 3.05) is 78.2 Å². The third-order valence-electron chi connectivity index (χ3n) is 9.28. The molecule has 55 heavy (non-hydrogen) atoms. The Bertz CT molecular complexity index is 1400. The minimum Gasteiger partial charge on any atom is -0.480 e. The van der Waals surface area contributed by atoms with Gasteiger partial charge < -0.3 is 45.5 Å². The van der Waals surface area contributed by atoms with Crippen LogP contribution in [-0.2, 0) is 40.0 Å². The van der Waals surface area contributed by atoms with Crippen LogP contribution < -0.4 is 21.3 Å². The molecule has 0 saturated carbocycles. The fourth-order valence-electron chi connectivity index (χ4n) is 5.72. The summed E-state index contributed by atoms with van der Waals surface area (Å²) in [6.07, 6.45) is 2.84. The van der Waals surface area contributed by atoms with E-state index in [1.807, 2.05) is 14.0 Å². The van der Waals surface area contributed by atoms with E-state index in [0.717, 1.165) is 38.8 Å². The maximum absolute atomic E-state index is 13.6. The number of piperidine rings is 1. The van der Waals surface area contributed by atoms with Crippen molar-refractivity contribution in [3.8, 4) is 0 Å². The number of anilines is 1. The fraction of sp³-hybridized carbons (Fsp3) is 0.639. The Hall–Kier alpha value is -3.75. The normalized spacial score (nSPS) is 15.6. The second kappa shape index (κ2) is 26.2. The molecular formula is C36H57N7O10S2. The van der Waals surface area contributed by atoms with E-state index in [-0.39, 0.29) is 49.4 Å². The molecule has 1 aromatic carbocycles. The summed E-state index contributed by atoms with van der Waals surface area (Å²) in [6.45, 7) is 6.47. The van der Waals surface area contributed by atoms with Crippen molar-refractivity contribution in [2.24, 2.45) is 0 Å². The van der Waals surface area contributed by atoms with Crippen LogP contribution in [0.25, 0.3) is 0 Å². The number of nitrogens with zero attached hydrogens (tertiary/aromatic N) is 3. The Morgan fingerprint density at radius 1 is 1.09 bits per heavy atom. The van der Waals surface area contributed by atoms with Gasteiger partial charge in [0, 0.05) is 67.0 Å². The largest absolute Gasteiger partial charge is 0.480 e. The molecule has 4 unspecified atom stereocenters. The number of amides is 4. The second-order valence-corrected chi connectivity index (χ2v) is 15.9. The predicted molar refractivity (Wildman–Crippen MR) is 212 cm³/mol. The van der Waals surface area contributed by atoms with Crippen molar-refractivity contribution < 1.29 is 48.1 Å². The minimum atomic E-state index is -1.17. The standard InChI is InChI=1S/C36H57N7O10S2/c1-25(26(2)55-54-23-31(35(49)50)39-24-46)53-36(51)43(16-19-52-18-15-42-13-11-28(37-3)12-14-42)21-33(47)40-30-9-6-8-27(22-45)29(30)20-41(5)32(10-7-17-44)34(48)38-4/h6,8-9,17,22,24-26,28,31-32,37H,7,10-16,18-21,23H2,1-5H3,(H,38,48)(H,39,46)(H,40,47)(H,49,50). The molecule has 0 radical (unpaired) electrons. The lowest BCUT2D eigenvalue weighted by Gasteiger charge is -2.31. The van der Waals surface area contributed by atoms with E-state index in [0.29, 0.717) is 42.2 Å². The van der Waals surface area contributed by atoms with Gasteiger partial charge in [0.1, 0.15) is 31.3 Å². The third kappa shape index (κ3) is 16.9. The summed E-state index contributed by atoms with van der Waals surface area (Å²) in [5.74, 6) is -1.93. The number of aliphatic carboxylic acids is 1. The number of aldehydes is 2. The number of carbonyl (C=O) groups excluding carboxylic acids is 6. The highest BCUT2D eigenvalue weighted by molar-refractivity contribution is 8.77. The molecule has 2 rings (SSSR count). The fourth-order valence-corrected chi connectivity index (χ4v) is 8.36. The van der Waals surface area contributed by atoms with Crippen molar-refractivity contribution >= 4 is 70.1 Å². The van der Waals surface area contributed by atoms with Crippen LogP contribution in [0.1, 0.15) is 55.5 Å². The molecule has 0 aromatic heterocycles. The highest BCUT2D eigenvalue weighted by Crippen LogP contribution is 2.30. The van der Waals surface area contributed by atoms with E-state index in [4.69, 9.17) is 9.47 Å². The van der Waals surface area contributed by atoms with E-state index in [1.54, 1.807) is 37.1 Å². The minimum absolute atomic E-state index is 0.0449. The van der Waals surface area contributed by atoms with Crippen LogP contribution in [0.3, 0.4) is 0 Å². The van der Waals surface area contributed by atoms with Crippen LogP contribution in [0.4, 0.5) is 10.5 Å².